The van der Waals surface area contributed by atoms with Crippen molar-refractivity contribution in [3.63, 3.8) is 0 Å². The second kappa shape index (κ2) is 11.4. The molecular formula is C31H33F2N5O6. The number of rotatable bonds is 9. The molecule has 2 aliphatic heterocycles. The summed E-state index contributed by atoms with van der Waals surface area (Å²) >= 11 is 0. The van der Waals surface area contributed by atoms with E-state index < -0.39 is 35.4 Å². The van der Waals surface area contributed by atoms with Gasteiger partial charge in [0.2, 0.25) is 5.91 Å². The lowest BCUT2D eigenvalue weighted by molar-refractivity contribution is -0.119. The summed E-state index contributed by atoms with van der Waals surface area (Å²) in [7, 11) is 0. The van der Waals surface area contributed by atoms with Crippen molar-refractivity contribution in [3.8, 4) is 0 Å². The van der Waals surface area contributed by atoms with E-state index in [1.165, 1.54) is 24.0 Å². The number of benzene rings is 1. The molecule has 2 aromatic heterocycles. The number of aryl methyl sites for hydroxylation is 1. The highest BCUT2D eigenvalue weighted by atomic mass is 19.1. The van der Waals surface area contributed by atoms with E-state index in [1.54, 1.807) is 19.1 Å². The molecule has 0 spiro atoms. The number of ether oxygens (including phenoxy) is 1. The molecule has 0 radical (unpaired) electrons. The number of cyclic esters (lactones) is 1. The summed E-state index contributed by atoms with van der Waals surface area (Å²) in [6.45, 7) is 4.99. The summed E-state index contributed by atoms with van der Waals surface area (Å²) in [5.41, 5.74) is 1.79. The molecule has 3 fully saturated rings. The van der Waals surface area contributed by atoms with Crippen molar-refractivity contribution in [2.45, 2.75) is 45.1 Å². The minimum absolute atomic E-state index is 0.0756. The lowest BCUT2D eigenvalue weighted by Crippen LogP contribution is -2.33. The Bertz CT molecular complexity index is 1740. The zero-order valence-electron chi connectivity index (χ0n) is 24.4. The average Bonchev–Trinajstić information content (AvgIpc) is 3.60. The van der Waals surface area contributed by atoms with Gasteiger partial charge in [-0.2, -0.15) is 0 Å². The Balaban J connectivity index is 1.14. The molecule has 1 unspecified atom stereocenters. The van der Waals surface area contributed by atoms with E-state index in [0.29, 0.717) is 42.1 Å². The highest BCUT2D eigenvalue weighted by molar-refractivity contribution is 5.90. The highest BCUT2D eigenvalue weighted by Gasteiger charge is 2.34. The van der Waals surface area contributed by atoms with E-state index in [9.17, 15) is 24.3 Å². The van der Waals surface area contributed by atoms with Gasteiger partial charge in [-0.25, -0.2) is 18.4 Å². The molecule has 6 rings (SSSR count). The Morgan fingerprint density at radius 2 is 1.84 bits per heavy atom. The predicted molar refractivity (Wildman–Crippen MR) is 159 cm³/mol. The predicted octanol–water partition coefficient (Wildman–Crippen LogP) is 3.86. The molecule has 1 aliphatic carbocycles. The summed E-state index contributed by atoms with van der Waals surface area (Å²) in [6.07, 6.45) is 2.45. The Morgan fingerprint density at radius 3 is 2.52 bits per heavy atom. The second-order valence-corrected chi connectivity index (χ2v) is 11.8. The van der Waals surface area contributed by atoms with Gasteiger partial charge in [0, 0.05) is 26.6 Å². The van der Waals surface area contributed by atoms with Gasteiger partial charge in [0.05, 0.1) is 41.9 Å². The first kappa shape index (κ1) is 29.4. The molecule has 2 amide bonds. The van der Waals surface area contributed by atoms with Crippen LogP contribution in [0.4, 0.5) is 30.6 Å². The fourth-order valence-corrected chi connectivity index (χ4v) is 6.26. The summed E-state index contributed by atoms with van der Waals surface area (Å²) in [6, 6.07) is 5.88. The first-order chi connectivity index (χ1) is 21.0. The molecule has 3 N–H and O–H groups in total. The third-order valence-electron chi connectivity index (χ3n) is 8.59. The zero-order valence-corrected chi connectivity index (χ0v) is 24.4. The minimum Gasteiger partial charge on any atom is -0.477 e. The summed E-state index contributed by atoms with van der Waals surface area (Å²) in [5, 5.41) is 15.3. The molecule has 13 heteroatoms. The standard InChI is InChI=1S/C31H33F2N5O6/c1-16-27-22(19-3-4-19)10-23(30(41)42)29(40)38(27)15-25(33)28(16)36-8-7-18(13-36)11-35-26-6-5-20(9-24(26)32)37-14-21(44-31(37)43)12-34-17(2)39/h5-6,9-10,15,18-19,21,35H,3-4,7-8,11-14H2,1-2H3,(H,34,39)(H,41,42)/t18?,21-/m0/s1. The van der Waals surface area contributed by atoms with Gasteiger partial charge in [-0.05, 0) is 73.4 Å². The summed E-state index contributed by atoms with van der Waals surface area (Å²) < 4.78 is 37.0. The van der Waals surface area contributed by atoms with Crippen molar-refractivity contribution in [1.82, 2.24) is 9.72 Å². The van der Waals surface area contributed by atoms with Crippen LogP contribution in [0.25, 0.3) is 5.52 Å². The molecule has 11 nitrogen and oxygen atoms in total. The number of fused-ring (bicyclic) bond motifs is 1. The van der Waals surface area contributed by atoms with Crippen LogP contribution in [0.1, 0.15) is 53.6 Å². The fourth-order valence-electron chi connectivity index (χ4n) is 6.26. The van der Waals surface area contributed by atoms with Gasteiger partial charge in [-0.15, -0.1) is 0 Å². The fraction of sp³-hybridized carbons (Fsp3) is 0.419. The Morgan fingerprint density at radius 1 is 1.07 bits per heavy atom. The van der Waals surface area contributed by atoms with E-state index in [0.717, 1.165) is 35.4 Å². The van der Waals surface area contributed by atoms with Gasteiger partial charge in [0.1, 0.15) is 17.5 Å². The first-order valence-electron chi connectivity index (χ1n) is 14.6. The number of nitrogens with one attached hydrogen (secondary N) is 2. The van der Waals surface area contributed by atoms with Gasteiger partial charge >= 0.3 is 12.1 Å². The number of aromatic carboxylic acids is 1. The third kappa shape index (κ3) is 5.53. The third-order valence-corrected chi connectivity index (χ3v) is 8.59. The highest BCUT2D eigenvalue weighted by Crippen LogP contribution is 2.44. The van der Waals surface area contributed by atoms with Gasteiger partial charge in [0.15, 0.2) is 5.82 Å². The number of halogens is 2. The van der Waals surface area contributed by atoms with Gasteiger partial charge < -0.3 is 25.4 Å². The van der Waals surface area contributed by atoms with Gasteiger partial charge in [-0.1, -0.05) is 0 Å². The Hall–Kier alpha value is -4.68. The van der Waals surface area contributed by atoms with E-state index in [-0.39, 0.29) is 42.1 Å². The number of carboxylic acid groups (broad SMARTS) is 1. The van der Waals surface area contributed by atoms with Crippen molar-refractivity contribution < 1.29 is 33.0 Å². The van der Waals surface area contributed by atoms with E-state index in [4.69, 9.17) is 4.74 Å². The maximum atomic E-state index is 15.6. The van der Waals surface area contributed by atoms with Crippen LogP contribution in [-0.2, 0) is 9.53 Å². The molecular weight excluding hydrogens is 576 g/mol. The lowest BCUT2D eigenvalue weighted by Gasteiger charge is -2.24. The van der Waals surface area contributed by atoms with Crippen LogP contribution in [0.15, 0.2) is 35.3 Å². The van der Waals surface area contributed by atoms with E-state index in [1.807, 2.05) is 4.90 Å². The maximum Gasteiger partial charge on any atom is 0.414 e. The average molecular weight is 610 g/mol. The maximum absolute atomic E-state index is 15.6. The quantitative estimate of drug-likeness (QED) is 0.333. The number of hydrogen-bond donors (Lipinski definition) is 3. The Kier molecular flexibility index (Phi) is 7.64. The second-order valence-electron chi connectivity index (χ2n) is 11.8. The summed E-state index contributed by atoms with van der Waals surface area (Å²) in [5.74, 6) is -2.49. The minimum atomic E-state index is -1.33. The van der Waals surface area contributed by atoms with Gasteiger partial charge in [0.25, 0.3) is 5.56 Å². The smallest absolute Gasteiger partial charge is 0.414 e. The van der Waals surface area contributed by atoms with Crippen LogP contribution in [0.3, 0.4) is 0 Å². The number of anilines is 3. The molecule has 3 aliphatic rings. The number of nitrogens with zero attached hydrogens (tertiary/aromatic N) is 3. The van der Waals surface area contributed by atoms with E-state index >= 15 is 8.78 Å². The Labute approximate surface area is 251 Å². The van der Waals surface area contributed by atoms with Crippen LogP contribution >= 0.6 is 0 Å². The molecule has 4 heterocycles. The van der Waals surface area contributed by atoms with Crippen LogP contribution in [0.2, 0.25) is 0 Å². The SMILES string of the molecule is CC(=O)NC[C@H]1CN(c2ccc(NCC3CCN(c4c(F)cn5c(=O)c(C(=O)O)cc(C6CC6)c5c4C)C3)c(F)c2)C(=O)O1. The number of carbonyl (C=O) groups is 3. The molecule has 3 aromatic rings. The number of hydrogen-bond acceptors (Lipinski definition) is 7. The molecule has 232 valence electrons. The lowest BCUT2D eigenvalue weighted by atomic mass is 10.0. The number of amides is 2. The number of aromatic nitrogens is 1. The molecule has 0 bridgehead atoms. The van der Waals surface area contributed by atoms with Crippen LogP contribution in [0, 0.1) is 24.5 Å². The van der Waals surface area contributed by atoms with Crippen LogP contribution < -0.4 is 26.0 Å². The van der Waals surface area contributed by atoms with Crippen molar-refractivity contribution >= 4 is 40.5 Å². The van der Waals surface area contributed by atoms with Crippen LogP contribution in [0.5, 0.6) is 0 Å². The number of carboxylic acids is 1. The molecule has 1 saturated carbocycles. The monoisotopic (exact) mass is 609 g/mol. The van der Waals surface area contributed by atoms with Gasteiger partial charge in [-0.3, -0.25) is 18.9 Å². The summed E-state index contributed by atoms with van der Waals surface area (Å²) in [4.78, 5) is 51.3. The molecule has 44 heavy (non-hydrogen) atoms. The molecule has 2 saturated heterocycles. The number of pyridine rings is 2. The number of carbonyl (C=O) groups excluding carboxylic acids is 2. The van der Waals surface area contributed by atoms with Crippen molar-refractivity contribution in [2.24, 2.45) is 5.92 Å². The van der Waals surface area contributed by atoms with Crippen molar-refractivity contribution in [2.75, 3.05) is 47.8 Å². The molecule has 2 atom stereocenters. The van der Waals surface area contributed by atoms with Crippen molar-refractivity contribution in [1.29, 1.82) is 0 Å². The van der Waals surface area contributed by atoms with Crippen molar-refractivity contribution in [3.05, 3.63) is 69.1 Å². The molecule has 1 aromatic carbocycles. The topological polar surface area (TPSA) is 133 Å². The normalized spacial score (nSPS) is 19.9. The first-order valence-corrected chi connectivity index (χ1v) is 14.6. The largest absolute Gasteiger partial charge is 0.477 e. The van der Waals surface area contributed by atoms with E-state index in [2.05, 4.69) is 10.6 Å². The zero-order chi connectivity index (χ0) is 31.3. The van der Waals surface area contributed by atoms with Crippen LogP contribution in [-0.4, -0.2) is 66.3 Å².